The van der Waals surface area contributed by atoms with Gasteiger partial charge in [0, 0.05) is 26.1 Å². The summed E-state index contributed by atoms with van der Waals surface area (Å²) in [5.74, 6) is 1.45. The van der Waals surface area contributed by atoms with Crippen molar-refractivity contribution in [2.45, 2.75) is 38.1 Å². The maximum Gasteiger partial charge on any atom is 0.242 e. The summed E-state index contributed by atoms with van der Waals surface area (Å²) < 4.78 is 10.6. The van der Waals surface area contributed by atoms with Crippen LogP contribution in [0.3, 0.4) is 0 Å². The van der Waals surface area contributed by atoms with Crippen LogP contribution in [0.5, 0.6) is 11.5 Å². The Morgan fingerprint density at radius 2 is 1.97 bits per heavy atom. The fourth-order valence-electron chi connectivity index (χ4n) is 4.04. The Kier molecular flexibility index (Phi) is 6.55. The number of carbonyl (C=O) groups is 2. The van der Waals surface area contributed by atoms with E-state index in [1.807, 2.05) is 23.1 Å². The van der Waals surface area contributed by atoms with Crippen LogP contribution >= 0.6 is 11.3 Å². The number of nitrogens with one attached hydrogen (secondary N) is 1. The number of amides is 2. The zero-order valence-corrected chi connectivity index (χ0v) is 18.6. The number of nitrogens with zero attached hydrogens (tertiary/aromatic N) is 4. The van der Waals surface area contributed by atoms with E-state index in [2.05, 4.69) is 15.5 Å². The van der Waals surface area contributed by atoms with E-state index >= 15 is 0 Å². The molecule has 10 heteroatoms. The number of anilines is 2. The molecule has 0 saturated carbocycles. The zero-order chi connectivity index (χ0) is 21.8. The molecule has 9 nitrogen and oxygen atoms in total. The first kappa shape index (κ1) is 21.4. The van der Waals surface area contributed by atoms with Gasteiger partial charge in [-0.1, -0.05) is 17.4 Å². The van der Waals surface area contributed by atoms with E-state index < -0.39 is 0 Å². The number of ether oxygens (including phenoxy) is 2. The summed E-state index contributed by atoms with van der Waals surface area (Å²) in [7, 11) is 3.21. The molecule has 1 aromatic heterocycles. The Bertz CT molecular complexity index is 950. The summed E-state index contributed by atoms with van der Waals surface area (Å²) in [6, 6.07) is 5.50. The highest BCUT2D eigenvalue weighted by atomic mass is 32.1. The number of rotatable bonds is 8. The zero-order valence-electron chi connectivity index (χ0n) is 17.8. The van der Waals surface area contributed by atoms with Gasteiger partial charge in [0.05, 0.1) is 14.2 Å². The summed E-state index contributed by atoms with van der Waals surface area (Å²) >= 11 is 1.38. The van der Waals surface area contributed by atoms with Gasteiger partial charge in [0.1, 0.15) is 6.04 Å². The van der Waals surface area contributed by atoms with Crippen LogP contribution in [0.25, 0.3) is 0 Å². The molecule has 0 spiro atoms. The highest BCUT2D eigenvalue weighted by Crippen LogP contribution is 2.33. The van der Waals surface area contributed by atoms with Crippen LogP contribution in [0.4, 0.5) is 10.3 Å². The van der Waals surface area contributed by atoms with Crippen molar-refractivity contribution in [3.63, 3.8) is 0 Å². The SMILES string of the molecule is COc1ccc(CCNC(=O)[C@@H]2CCCN2c2nnc(N3CCCC3=O)s2)cc1OC. The predicted molar refractivity (Wildman–Crippen MR) is 118 cm³/mol. The Hall–Kier alpha value is -2.88. The van der Waals surface area contributed by atoms with Crippen molar-refractivity contribution in [3.8, 4) is 11.5 Å². The Morgan fingerprint density at radius 3 is 2.71 bits per heavy atom. The fourth-order valence-corrected chi connectivity index (χ4v) is 5.00. The van der Waals surface area contributed by atoms with Crippen molar-refractivity contribution in [2.75, 3.05) is 43.7 Å². The molecule has 166 valence electrons. The smallest absolute Gasteiger partial charge is 0.242 e. The maximum atomic E-state index is 12.9. The Balaban J connectivity index is 1.34. The lowest BCUT2D eigenvalue weighted by atomic mass is 10.1. The second-order valence-electron chi connectivity index (χ2n) is 7.60. The number of hydrogen-bond donors (Lipinski definition) is 1. The minimum Gasteiger partial charge on any atom is -0.493 e. The van der Waals surface area contributed by atoms with Crippen LogP contribution in [0.2, 0.25) is 0 Å². The minimum absolute atomic E-state index is 0.00743. The van der Waals surface area contributed by atoms with Crippen molar-refractivity contribution in [1.82, 2.24) is 15.5 Å². The van der Waals surface area contributed by atoms with Gasteiger partial charge in [0.25, 0.3) is 0 Å². The number of carbonyl (C=O) groups excluding carboxylic acids is 2. The molecule has 1 N–H and O–H groups in total. The second-order valence-corrected chi connectivity index (χ2v) is 8.53. The standard InChI is InChI=1S/C21H27N5O4S/c1-29-16-8-7-14(13-17(16)30-2)9-10-22-19(28)15-5-3-11-25(15)20-23-24-21(31-20)26-12-4-6-18(26)27/h7-8,13,15H,3-6,9-12H2,1-2H3,(H,22,28)/t15-/m0/s1. The van der Waals surface area contributed by atoms with Crippen molar-refractivity contribution in [3.05, 3.63) is 23.8 Å². The van der Waals surface area contributed by atoms with Crippen LogP contribution in [0.1, 0.15) is 31.2 Å². The van der Waals surface area contributed by atoms with Gasteiger partial charge < -0.3 is 19.7 Å². The van der Waals surface area contributed by atoms with Crippen LogP contribution in [-0.2, 0) is 16.0 Å². The average molecular weight is 446 g/mol. The monoisotopic (exact) mass is 445 g/mol. The number of hydrogen-bond acceptors (Lipinski definition) is 8. The molecule has 2 saturated heterocycles. The first-order valence-electron chi connectivity index (χ1n) is 10.5. The molecule has 0 radical (unpaired) electrons. The van der Waals surface area contributed by atoms with Gasteiger partial charge >= 0.3 is 0 Å². The average Bonchev–Trinajstić information content (AvgIpc) is 3.53. The van der Waals surface area contributed by atoms with Gasteiger partial charge in [-0.3, -0.25) is 14.5 Å². The molecule has 0 aliphatic carbocycles. The van der Waals surface area contributed by atoms with Crippen LogP contribution < -0.4 is 24.6 Å². The fraction of sp³-hybridized carbons (Fsp3) is 0.524. The first-order chi connectivity index (χ1) is 15.1. The predicted octanol–water partition coefficient (Wildman–Crippen LogP) is 2.01. The second kappa shape index (κ2) is 9.51. The lowest BCUT2D eigenvalue weighted by Gasteiger charge is -2.22. The van der Waals surface area contributed by atoms with Crippen LogP contribution in [-0.4, -0.2) is 61.9 Å². The molecule has 2 aromatic rings. The molecule has 2 fully saturated rings. The topological polar surface area (TPSA) is 96.9 Å². The summed E-state index contributed by atoms with van der Waals surface area (Å²) in [5.41, 5.74) is 1.06. The summed E-state index contributed by atoms with van der Waals surface area (Å²) in [6.45, 7) is 1.98. The quantitative estimate of drug-likeness (QED) is 0.664. The van der Waals surface area contributed by atoms with Gasteiger partial charge in [-0.15, -0.1) is 10.2 Å². The third kappa shape index (κ3) is 4.58. The van der Waals surface area contributed by atoms with Crippen molar-refractivity contribution >= 4 is 33.4 Å². The van der Waals surface area contributed by atoms with E-state index in [9.17, 15) is 9.59 Å². The van der Waals surface area contributed by atoms with Crippen LogP contribution in [0, 0.1) is 0 Å². The molecular formula is C21H27N5O4S. The van der Waals surface area contributed by atoms with E-state index in [0.29, 0.717) is 47.7 Å². The van der Waals surface area contributed by atoms with Gasteiger partial charge in [-0.2, -0.15) is 0 Å². The molecular weight excluding hydrogens is 418 g/mol. The molecule has 1 atom stereocenters. The first-order valence-corrected chi connectivity index (χ1v) is 11.3. The molecule has 1 aromatic carbocycles. The largest absolute Gasteiger partial charge is 0.493 e. The highest BCUT2D eigenvalue weighted by molar-refractivity contribution is 7.19. The molecule has 4 rings (SSSR count). The van der Waals surface area contributed by atoms with E-state index in [0.717, 1.165) is 31.4 Å². The molecule has 3 heterocycles. The van der Waals surface area contributed by atoms with Gasteiger partial charge in [0.15, 0.2) is 11.5 Å². The molecule has 0 unspecified atom stereocenters. The third-order valence-electron chi connectivity index (χ3n) is 5.67. The van der Waals surface area contributed by atoms with Crippen molar-refractivity contribution in [2.24, 2.45) is 0 Å². The van der Waals surface area contributed by atoms with Crippen LogP contribution in [0.15, 0.2) is 18.2 Å². The number of benzene rings is 1. The van der Waals surface area contributed by atoms with E-state index in [1.54, 1.807) is 19.1 Å². The Labute approximate surface area is 185 Å². The summed E-state index contributed by atoms with van der Waals surface area (Å²) in [6.07, 6.45) is 3.80. The van der Waals surface area contributed by atoms with Crippen molar-refractivity contribution < 1.29 is 19.1 Å². The van der Waals surface area contributed by atoms with E-state index in [1.165, 1.54) is 11.3 Å². The highest BCUT2D eigenvalue weighted by Gasteiger charge is 2.34. The van der Waals surface area contributed by atoms with Gasteiger partial charge in [-0.05, 0) is 43.4 Å². The molecule has 2 aliphatic heterocycles. The number of methoxy groups -OCH3 is 2. The van der Waals surface area contributed by atoms with Gasteiger partial charge in [0.2, 0.25) is 22.1 Å². The van der Waals surface area contributed by atoms with Gasteiger partial charge in [-0.25, -0.2) is 0 Å². The normalized spacial score (nSPS) is 18.5. The molecule has 2 aliphatic rings. The lowest BCUT2D eigenvalue weighted by Crippen LogP contribution is -2.44. The Morgan fingerprint density at radius 1 is 1.16 bits per heavy atom. The van der Waals surface area contributed by atoms with E-state index in [-0.39, 0.29) is 17.9 Å². The van der Waals surface area contributed by atoms with E-state index in [4.69, 9.17) is 9.47 Å². The molecule has 31 heavy (non-hydrogen) atoms. The summed E-state index contributed by atoms with van der Waals surface area (Å²) in [5, 5.41) is 12.8. The number of aromatic nitrogens is 2. The summed E-state index contributed by atoms with van der Waals surface area (Å²) in [4.78, 5) is 28.5. The third-order valence-corrected chi connectivity index (χ3v) is 6.65. The molecule has 0 bridgehead atoms. The maximum absolute atomic E-state index is 12.9. The lowest BCUT2D eigenvalue weighted by molar-refractivity contribution is -0.122. The molecule has 2 amide bonds. The van der Waals surface area contributed by atoms with Crippen molar-refractivity contribution in [1.29, 1.82) is 0 Å². The minimum atomic E-state index is -0.263.